The van der Waals surface area contributed by atoms with Crippen molar-refractivity contribution >= 4 is 41.2 Å². The topological polar surface area (TPSA) is 46.6 Å². The Kier molecular flexibility index (Phi) is 5.86. The van der Waals surface area contributed by atoms with Gasteiger partial charge in [-0.2, -0.15) is 0 Å². The third-order valence-corrected chi connectivity index (χ3v) is 4.28. The molecule has 0 aromatic heterocycles. The second kappa shape index (κ2) is 7.65. The Morgan fingerprint density at radius 2 is 1.95 bits per heavy atom. The van der Waals surface area contributed by atoms with Crippen molar-refractivity contribution in [2.24, 2.45) is 5.92 Å². The van der Waals surface area contributed by atoms with Crippen LogP contribution in [0, 0.1) is 5.92 Å². The molecule has 0 unspecified atom stereocenters. The van der Waals surface area contributed by atoms with Gasteiger partial charge in [0.15, 0.2) is 0 Å². The van der Waals surface area contributed by atoms with E-state index in [4.69, 9.17) is 27.9 Å². The van der Waals surface area contributed by atoms with E-state index in [9.17, 15) is 9.59 Å². The van der Waals surface area contributed by atoms with Gasteiger partial charge < -0.3 is 9.64 Å². The Morgan fingerprint density at radius 3 is 2.59 bits per heavy atom. The van der Waals surface area contributed by atoms with Crippen LogP contribution in [0.3, 0.4) is 0 Å². The van der Waals surface area contributed by atoms with Crippen LogP contribution in [0.4, 0.5) is 0 Å². The molecule has 118 valence electrons. The Labute approximate surface area is 139 Å². The summed E-state index contributed by atoms with van der Waals surface area (Å²) in [5.74, 6) is -0.409. The first-order chi connectivity index (χ1) is 10.5. The van der Waals surface area contributed by atoms with Gasteiger partial charge in [-0.15, -0.1) is 0 Å². The molecule has 6 heteroatoms. The van der Waals surface area contributed by atoms with E-state index in [-0.39, 0.29) is 17.8 Å². The number of rotatable bonds is 3. The number of amides is 1. The van der Waals surface area contributed by atoms with Crippen LogP contribution in [-0.4, -0.2) is 37.0 Å². The number of ether oxygens (including phenoxy) is 1. The zero-order valence-electron chi connectivity index (χ0n) is 12.2. The van der Waals surface area contributed by atoms with Crippen molar-refractivity contribution in [3.63, 3.8) is 0 Å². The first kappa shape index (κ1) is 16.8. The van der Waals surface area contributed by atoms with Crippen LogP contribution in [-0.2, 0) is 14.3 Å². The molecule has 1 aromatic rings. The van der Waals surface area contributed by atoms with Crippen LogP contribution in [0.25, 0.3) is 6.08 Å². The van der Waals surface area contributed by atoms with Crippen LogP contribution >= 0.6 is 23.2 Å². The Hall–Kier alpha value is -1.52. The Bertz CT molecular complexity index is 593. The summed E-state index contributed by atoms with van der Waals surface area (Å²) < 4.78 is 4.73. The number of piperidine rings is 1. The van der Waals surface area contributed by atoms with Crippen molar-refractivity contribution in [3.8, 4) is 0 Å². The summed E-state index contributed by atoms with van der Waals surface area (Å²) in [6.45, 7) is 1.10. The highest BCUT2D eigenvalue weighted by molar-refractivity contribution is 6.34. The number of nitrogens with zero attached hydrogens (tertiary/aromatic N) is 1. The molecule has 1 aliphatic heterocycles. The fourth-order valence-electron chi connectivity index (χ4n) is 2.41. The summed E-state index contributed by atoms with van der Waals surface area (Å²) in [6, 6.07) is 5.09. The predicted molar refractivity (Wildman–Crippen MR) is 86.8 cm³/mol. The molecule has 1 heterocycles. The summed E-state index contributed by atoms with van der Waals surface area (Å²) in [5, 5.41) is 1.10. The summed E-state index contributed by atoms with van der Waals surface area (Å²) >= 11 is 12.0. The highest BCUT2D eigenvalue weighted by atomic mass is 35.5. The van der Waals surface area contributed by atoms with Crippen LogP contribution in [0.2, 0.25) is 10.0 Å². The molecule has 0 aliphatic carbocycles. The Morgan fingerprint density at radius 1 is 1.27 bits per heavy atom. The Balaban J connectivity index is 1.94. The van der Waals surface area contributed by atoms with E-state index in [1.54, 1.807) is 29.2 Å². The van der Waals surface area contributed by atoms with E-state index in [1.807, 2.05) is 0 Å². The monoisotopic (exact) mass is 341 g/mol. The number of esters is 1. The first-order valence-electron chi connectivity index (χ1n) is 7.01. The maximum atomic E-state index is 12.2. The number of carbonyl (C=O) groups excluding carboxylic acids is 2. The summed E-state index contributed by atoms with van der Waals surface area (Å²) in [6.07, 6.45) is 4.40. The molecule has 1 aromatic carbocycles. The molecule has 0 atom stereocenters. The van der Waals surface area contributed by atoms with Crippen LogP contribution in [0.5, 0.6) is 0 Å². The van der Waals surface area contributed by atoms with Crippen molar-refractivity contribution in [2.45, 2.75) is 12.8 Å². The summed E-state index contributed by atoms with van der Waals surface area (Å²) in [7, 11) is 1.39. The summed E-state index contributed by atoms with van der Waals surface area (Å²) in [4.78, 5) is 25.3. The quantitative estimate of drug-likeness (QED) is 0.625. The van der Waals surface area contributed by atoms with Gasteiger partial charge in [0.1, 0.15) is 0 Å². The molecule has 1 fully saturated rings. The number of likely N-dealkylation sites (tertiary alicyclic amines) is 1. The minimum Gasteiger partial charge on any atom is -0.469 e. The van der Waals surface area contributed by atoms with E-state index < -0.39 is 0 Å². The standard InChI is InChI=1S/C16H17Cl2NO3/c1-22-16(21)11-6-8-19(9-7-11)15(20)5-2-12-10-13(17)3-4-14(12)18/h2-5,10-11H,6-9H2,1H3/b5-2+. The second-order valence-corrected chi connectivity index (χ2v) is 5.97. The minimum atomic E-state index is -0.201. The number of benzene rings is 1. The van der Waals surface area contributed by atoms with Crippen molar-refractivity contribution < 1.29 is 14.3 Å². The summed E-state index contributed by atoms with van der Waals surface area (Å²) in [5.41, 5.74) is 0.701. The lowest BCUT2D eigenvalue weighted by atomic mass is 9.97. The van der Waals surface area contributed by atoms with Crippen LogP contribution in [0.1, 0.15) is 18.4 Å². The number of carbonyl (C=O) groups is 2. The van der Waals surface area contributed by atoms with E-state index >= 15 is 0 Å². The molecule has 1 aliphatic rings. The lowest BCUT2D eigenvalue weighted by Crippen LogP contribution is -2.39. The van der Waals surface area contributed by atoms with Gasteiger partial charge in [0.2, 0.25) is 5.91 Å². The maximum Gasteiger partial charge on any atom is 0.308 e. The van der Waals surface area contributed by atoms with E-state index in [0.29, 0.717) is 41.5 Å². The molecule has 0 spiro atoms. The fourth-order valence-corrected chi connectivity index (χ4v) is 2.77. The zero-order chi connectivity index (χ0) is 16.1. The van der Waals surface area contributed by atoms with E-state index in [0.717, 1.165) is 0 Å². The van der Waals surface area contributed by atoms with E-state index in [2.05, 4.69) is 0 Å². The molecular formula is C16H17Cl2NO3. The molecule has 0 N–H and O–H groups in total. The van der Waals surface area contributed by atoms with E-state index in [1.165, 1.54) is 13.2 Å². The number of hydrogen-bond acceptors (Lipinski definition) is 3. The number of halogens is 2. The smallest absolute Gasteiger partial charge is 0.308 e. The lowest BCUT2D eigenvalue weighted by Gasteiger charge is -2.29. The van der Waals surface area contributed by atoms with Gasteiger partial charge in [-0.05, 0) is 42.7 Å². The average Bonchev–Trinajstić information content (AvgIpc) is 2.54. The molecule has 1 saturated heterocycles. The first-order valence-corrected chi connectivity index (χ1v) is 7.76. The second-order valence-electron chi connectivity index (χ2n) is 5.12. The molecule has 2 rings (SSSR count). The van der Waals surface area contributed by atoms with Crippen LogP contribution < -0.4 is 0 Å². The third kappa shape index (κ3) is 4.24. The molecule has 1 amide bonds. The number of methoxy groups -OCH3 is 1. The maximum absolute atomic E-state index is 12.2. The van der Waals surface area contributed by atoms with Crippen molar-refractivity contribution in [1.82, 2.24) is 4.90 Å². The van der Waals surface area contributed by atoms with Crippen LogP contribution in [0.15, 0.2) is 24.3 Å². The largest absolute Gasteiger partial charge is 0.469 e. The average molecular weight is 342 g/mol. The van der Waals surface area contributed by atoms with Gasteiger partial charge in [-0.25, -0.2) is 0 Å². The van der Waals surface area contributed by atoms with Gasteiger partial charge in [-0.3, -0.25) is 9.59 Å². The minimum absolute atomic E-state index is 0.0978. The molecule has 0 bridgehead atoms. The molecular weight excluding hydrogens is 325 g/mol. The molecule has 4 nitrogen and oxygen atoms in total. The molecule has 0 radical (unpaired) electrons. The van der Waals surface area contributed by atoms with Gasteiger partial charge in [0, 0.05) is 29.2 Å². The normalized spacial score (nSPS) is 16.0. The highest BCUT2D eigenvalue weighted by Crippen LogP contribution is 2.22. The third-order valence-electron chi connectivity index (χ3n) is 3.70. The molecule has 0 saturated carbocycles. The lowest BCUT2D eigenvalue weighted by molar-refractivity contribution is -0.148. The SMILES string of the molecule is COC(=O)C1CCN(C(=O)/C=C/c2cc(Cl)ccc2Cl)CC1. The predicted octanol–water partition coefficient (Wildman–Crippen LogP) is 3.42. The molecule has 22 heavy (non-hydrogen) atoms. The van der Waals surface area contributed by atoms with Gasteiger partial charge >= 0.3 is 5.97 Å². The van der Waals surface area contributed by atoms with Gasteiger partial charge in [0.05, 0.1) is 13.0 Å². The highest BCUT2D eigenvalue weighted by Gasteiger charge is 2.26. The van der Waals surface area contributed by atoms with Gasteiger partial charge in [-0.1, -0.05) is 23.2 Å². The van der Waals surface area contributed by atoms with Gasteiger partial charge in [0.25, 0.3) is 0 Å². The fraction of sp³-hybridized carbons (Fsp3) is 0.375. The van der Waals surface area contributed by atoms with Crippen molar-refractivity contribution in [1.29, 1.82) is 0 Å². The number of hydrogen-bond donors (Lipinski definition) is 0. The van der Waals surface area contributed by atoms with Crippen molar-refractivity contribution in [2.75, 3.05) is 20.2 Å². The zero-order valence-corrected chi connectivity index (χ0v) is 13.7. The van der Waals surface area contributed by atoms with Crippen molar-refractivity contribution in [3.05, 3.63) is 39.9 Å².